The molecule has 106 valence electrons. The van der Waals surface area contributed by atoms with E-state index < -0.39 is 0 Å². The van der Waals surface area contributed by atoms with Crippen molar-refractivity contribution in [3.05, 3.63) is 72.3 Å². The molecule has 2 aromatic carbocycles. The van der Waals surface area contributed by atoms with E-state index >= 15 is 0 Å². The van der Waals surface area contributed by atoms with Gasteiger partial charge in [-0.15, -0.1) is 0 Å². The lowest BCUT2D eigenvalue weighted by Crippen LogP contribution is -1.83. The third-order valence-electron chi connectivity index (χ3n) is 2.85. The molecule has 2 rings (SSSR count). The quantitative estimate of drug-likeness (QED) is 0.455. The van der Waals surface area contributed by atoms with Gasteiger partial charge in [0.2, 0.25) is 5.12 Å². The van der Waals surface area contributed by atoms with Crippen LogP contribution in [0.15, 0.2) is 66.1 Å². The van der Waals surface area contributed by atoms with E-state index in [9.17, 15) is 4.79 Å². The van der Waals surface area contributed by atoms with Gasteiger partial charge in [0.15, 0.2) is 0 Å². The van der Waals surface area contributed by atoms with Crippen molar-refractivity contribution in [1.29, 1.82) is 0 Å². The van der Waals surface area contributed by atoms with E-state index in [1.54, 1.807) is 7.11 Å². The van der Waals surface area contributed by atoms with Crippen molar-refractivity contribution in [2.45, 2.75) is 4.90 Å². The van der Waals surface area contributed by atoms with Crippen LogP contribution in [-0.2, 0) is 4.79 Å². The SMILES string of the molecule is C=CC(=O)Sc1ccc(/C=C/c2ccc(OC)cc2)cc1. The number of rotatable bonds is 5. The highest BCUT2D eigenvalue weighted by Gasteiger charge is 1.99. The predicted octanol–water partition coefficient (Wildman–Crippen LogP) is 4.67. The van der Waals surface area contributed by atoms with E-state index in [4.69, 9.17) is 4.74 Å². The van der Waals surface area contributed by atoms with Crippen LogP contribution in [0.2, 0.25) is 0 Å². The monoisotopic (exact) mass is 296 g/mol. The lowest BCUT2D eigenvalue weighted by atomic mass is 10.1. The zero-order valence-electron chi connectivity index (χ0n) is 11.8. The summed E-state index contributed by atoms with van der Waals surface area (Å²) < 4.78 is 5.13. The largest absolute Gasteiger partial charge is 0.497 e. The number of ether oxygens (including phenoxy) is 1. The Kier molecular flexibility index (Phi) is 5.41. The van der Waals surface area contributed by atoms with Gasteiger partial charge in [0.05, 0.1) is 7.11 Å². The highest BCUT2D eigenvalue weighted by Crippen LogP contribution is 2.20. The van der Waals surface area contributed by atoms with Crippen LogP contribution in [0, 0.1) is 0 Å². The van der Waals surface area contributed by atoms with E-state index in [1.165, 1.54) is 17.8 Å². The number of carbonyl (C=O) groups excluding carboxylic acids is 1. The Balaban J connectivity index is 2.03. The summed E-state index contributed by atoms with van der Waals surface area (Å²) in [5.41, 5.74) is 2.19. The lowest BCUT2D eigenvalue weighted by Gasteiger charge is -2.00. The minimum atomic E-state index is -0.0449. The van der Waals surface area contributed by atoms with Gasteiger partial charge in [-0.1, -0.05) is 43.0 Å². The summed E-state index contributed by atoms with van der Waals surface area (Å²) in [6, 6.07) is 15.7. The molecule has 2 nitrogen and oxygen atoms in total. The van der Waals surface area contributed by atoms with E-state index in [0.717, 1.165) is 21.8 Å². The summed E-state index contributed by atoms with van der Waals surface area (Å²) >= 11 is 1.18. The first-order chi connectivity index (χ1) is 10.2. The Morgan fingerprint density at radius 3 is 2.00 bits per heavy atom. The minimum absolute atomic E-state index is 0.0449. The van der Waals surface area contributed by atoms with Crippen LogP contribution in [0.5, 0.6) is 5.75 Å². The topological polar surface area (TPSA) is 26.3 Å². The zero-order chi connectivity index (χ0) is 15.1. The van der Waals surface area contributed by atoms with E-state index in [-0.39, 0.29) is 5.12 Å². The first-order valence-corrected chi connectivity index (χ1v) is 7.29. The normalized spacial score (nSPS) is 10.5. The van der Waals surface area contributed by atoms with Crippen LogP contribution in [0.25, 0.3) is 12.2 Å². The summed E-state index contributed by atoms with van der Waals surface area (Å²) in [7, 11) is 1.65. The maximum atomic E-state index is 11.2. The second-order valence-corrected chi connectivity index (χ2v) is 5.38. The fourth-order valence-corrected chi connectivity index (χ4v) is 2.30. The molecule has 0 atom stereocenters. The van der Waals surface area contributed by atoms with Crippen LogP contribution in [-0.4, -0.2) is 12.2 Å². The molecular weight excluding hydrogens is 280 g/mol. The highest BCUT2D eigenvalue weighted by atomic mass is 32.2. The Morgan fingerprint density at radius 1 is 1.00 bits per heavy atom. The number of carbonyl (C=O) groups is 1. The Bertz CT molecular complexity index is 640. The van der Waals surface area contributed by atoms with Gasteiger partial charge in [0, 0.05) is 4.90 Å². The molecule has 0 fully saturated rings. The molecule has 0 saturated heterocycles. The number of hydrogen-bond donors (Lipinski definition) is 0. The molecule has 0 amide bonds. The van der Waals surface area contributed by atoms with Crippen LogP contribution in [0.3, 0.4) is 0 Å². The van der Waals surface area contributed by atoms with Gasteiger partial charge in [-0.2, -0.15) is 0 Å². The van der Waals surface area contributed by atoms with E-state index in [0.29, 0.717) is 0 Å². The van der Waals surface area contributed by atoms with Gasteiger partial charge in [-0.05, 0) is 53.2 Å². The predicted molar refractivity (Wildman–Crippen MR) is 89.4 cm³/mol. The fraction of sp³-hybridized carbons (Fsp3) is 0.0556. The third kappa shape index (κ3) is 4.65. The second-order valence-electron chi connectivity index (χ2n) is 4.30. The van der Waals surface area contributed by atoms with Crippen molar-refractivity contribution < 1.29 is 9.53 Å². The van der Waals surface area contributed by atoms with Crippen molar-refractivity contribution in [2.75, 3.05) is 7.11 Å². The molecule has 0 aliphatic heterocycles. The first-order valence-electron chi connectivity index (χ1n) is 6.48. The van der Waals surface area contributed by atoms with Crippen LogP contribution < -0.4 is 4.74 Å². The molecule has 0 aromatic heterocycles. The minimum Gasteiger partial charge on any atom is -0.497 e. The van der Waals surface area contributed by atoms with Gasteiger partial charge in [0.25, 0.3) is 0 Å². The van der Waals surface area contributed by atoms with Crippen LogP contribution in [0.1, 0.15) is 11.1 Å². The average Bonchev–Trinajstić information content (AvgIpc) is 2.54. The molecule has 0 aliphatic carbocycles. The maximum absolute atomic E-state index is 11.2. The average molecular weight is 296 g/mol. The summed E-state index contributed by atoms with van der Waals surface area (Å²) in [6.45, 7) is 3.46. The fourth-order valence-electron chi connectivity index (χ4n) is 1.71. The Labute approximate surface area is 129 Å². The standard InChI is InChI=1S/C18H16O2S/c1-3-18(19)21-17-12-8-15(9-13-17)5-4-14-6-10-16(20-2)11-7-14/h3-13H,1H2,2H3/b5-4+. The molecule has 0 spiro atoms. The van der Waals surface area contributed by atoms with Gasteiger partial charge in [-0.25, -0.2) is 0 Å². The van der Waals surface area contributed by atoms with Gasteiger partial charge >= 0.3 is 0 Å². The van der Waals surface area contributed by atoms with Crippen LogP contribution in [0.4, 0.5) is 0 Å². The Hall–Kier alpha value is -2.26. The van der Waals surface area contributed by atoms with Gasteiger partial charge < -0.3 is 4.74 Å². The molecule has 0 unspecified atom stereocenters. The number of methoxy groups -OCH3 is 1. The molecule has 0 bridgehead atoms. The summed E-state index contributed by atoms with van der Waals surface area (Å²) in [5, 5.41) is -0.0449. The second kappa shape index (κ2) is 7.50. The van der Waals surface area contributed by atoms with E-state index in [2.05, 4.69) is 6.58 Å². The summed E-state index contributed by atoms with van der Waals surface area (Å²) in [5.74, 6) is 0.848. The van der Waals surface area contributed by atoms with E-state index in [1.807, 2.05) is 60.7 Å². The van der Waals surface area contributed by atoms with Crippen LogP contribution >= 0.6 is 11.8 Å². The molecule has 21 heavy (non-hydrogen) atoms. The smallest absolute Gasteiger partial charge is 0.216 e. The number of hydrogen-bond acceptors (Lipinski definition) is 3. The van der Waals surface area contributed by atoms with Gasteiger partial charge in [0.1, 0.15) is 5.75 Å². The molecule has 2 aromatic rings. The molecule has 3 heteroatoms. The molecule has 0 heterocycles. The molecule has 0 aliphatic rings. The van der Waals surface area contributed by atoms with Gasteiger partial charge in [-0.3, -0.25) is 4.79 Å². The zero-order valence-corrected chi connectivity index (χ0v) is 12.6. The number of benzene rings is 2. The highest BCUT2D eigenvalue weighted by molar-refractivity contribution is 8.14. The molecular formula is C18H16O2S. The van der Waals surface area contributed by atoms with Crippen molar-refractivity contribution in [1.82, 2.24) is 0 Å². The number of thioether (sulfide) groups is 1. The Morgan fingerprint density at radius 2 is 1.52 bits per heavy atom. The van der Waals surface area contributed by atoms with Crippen molar-refractivity contribution in [3.63, 3.8) is 0 Å². The lowest BCUT2D eigenvalue weighted by molar-refractivity contribution is -0.107. The third-order valence-corrected chi connectivity index (χ3v) is 3.72. The van der Waals surface area contributed by atoms with Crippen molar-refractivity contribution in [3.8, 4) is 5.75 Å². The molecule has 0 radical (unpaired) electrons. The maximum Gasteiger partial charge on any atom is 0.216 e. The molecule has 0 N–H and O–H groups in total. The summed E-state index contributed by atoms with van der Waals surface area (Å²) in [6.07, 6.45) is 5.39. The van der Waals surface area contributed by atoms with Crippen molar-refractivity contribution >= 4 is 29.0 Å². The van der Waals surface area contributed by atoms with Crippen molar-refractivity contribution in [2.24, 2.45) is 0 Å². The molecule has 0 saturated carbocycles. The summed E-state index contributed by atoms with van der Waals surface area (Å²) in [4.78, 5) is 12.2. The first kappa shape index (κ1) is 15.1.